The summed E-state index contributed by atoms with van der Waals surface area (Å²) in [6, 6.07) is 0.824. The van der Waals surface area contributed by atoms with Crippen LogP contribution in [-0.4, -0.2) is 12.6 Å². The lowest BCUT2D eigenvalue weighted by molar-refractivity contribution is 0.225. The zero-order valence-electron chi connectivity index (χ0n) is 11.9. The molecule has 0 heterocycles. The molecule has 2 rings (SSSR count). The fraction of sp³-hybridized carbons (Fsp3) is 1.00. The van der Waals surface area contributed by atoms with Gasteiger partial charge in [-0.05, 0) is 56.4 Å². The van der Waals surface area contributed by atoms with E-state index in [4.69, 9.17) is 0 Å². The van der Waals surface area contributed by atoms with E-state index in [9.17, 15) is 0 Å². The fourth-order valence-corrected chi connectivity index (χ4v) is 3.73. The molecule has 1 nitrogen and oxygen atoms in total. The summed E-state index contributed by atoms with van der Waals surface area (Å²) in [5.41, 5.74) is 0. The zero-order chi connectivity index (χ0) is 12.1. The van der Waals surface area contributed by atoms with Gasteiger partial charge in [0.25, 0.3) is 0 Å². The summed E-state index contributed by atoms with van der Waals surface area (Å²) in [6.45, 7) is 6.11. The first-order valence-corrected chi connectivity index (χ1v) is 7.99. The molecule has 2 aliphatic rings. The van der Waals surface area contributed by atoms with E-state index < -0.39 is 0 Å². The third kappa shape index (κ3) is 4.28. The molecule has 0 aromatic rings. The number of rotatable bonds is 5. The second-order valence-electron chi connectivity index (χ2n) is 6.71. The van der Waals surface area contributed by atoms with E-state index in [1.165, 1.54) is 64.3 Å². The SMILES string of the molecule is CC1CCC(NCCCC2CCCC2)CC1C. The molecule has 0 amide bonds. The molecule has 0 spiro atoms. The van der Waals surface area contributed by atoms with E-state index in [-0.39, 0.29) is 0 Å². The summed E-state index contributed by atoms with van der Waals surface area (Å²) in [4.78, 5) is 0. The van der Waals surface area contributed by atoms with Crippen molar-refractivity contribution in [1.82, 2.24) is 5.32 Å². The van der Waals surface area contributed by atoms with Gasteiger partial charge in [0.1, 0.15) is 0 Å². The van der Waals surface area contributed by atoms with Crippen LogP contribution in [0.25, 0.3) is 0 Å². The Morgan fingerprint density at radius 2 is 1.71 bits per heavy atom. The van der Waals surface area contributed by atoms with Gasteiger partial charge in [-0.3, -0.25) is 0 Å². The predicted molar refractivity (Wildman–Crippen MR) is 75.2 cm³/mol. The summed E-state index contributed by atoms with van der Waals surface area (Å²) in [6.07, 6.45) is 13.2. The van der Waals surface area contributed by atoms with Gasteiger partial charge in [-0.15, -0.1) is 0 Å². The maximum absolute atomic E-state index is 3.80. The summed E-state index contributed by atoms with van der Waals surface area (Å²) < 4.78 is 0. The van der Waals surface area contributed by atoms with Crippen molar-refractivity contribution in [2.45, 2.75) is 77.7 Å². The Labute approximate surface area is 108 Å². The van der Waals surface area contributed by atoms with Gasteiger partial charge in [0.05, 0.1) is 0 Å². The fourth-order valence-electron chi connectivity index (χ4n) is 3.73. The summed E-state index contributed by atoms with van der Waals surface area (Å²) >= 11 is 0. The second-order valence-corrected chi connectivity index (χ2v) is 6.71. The van der Waals surface area contributed by atoms with Crippen LogP contribution in [0.3, 0.4) is 0 Å². The topological polar surface area (TPSA) is 12.0 Å². The minimum Gasteiger partial charge on any atom is -0.314 e. The van der Waals surface area contributed by atoms with Crippen LogP contribution in [0.5, 0.6) is 0 Å². The molecule has 100 valence electrons. The van der Waals surface area contributed by atoms with Gasteiger partial charge in [0, 0.05) is 6.04 Å². The van der Waals surface area contributed by atoms with Crippen LogP contribution in [0.4, 0.5) is 0 Å². The Morgan fingerprint density at radius 1 is 0.941 bits per heavy atom. The van der Waals surface area contributed by atoms with Crippen molar-refractivity contribution in [3.8, 4) is 0 Å². The normalized spacial score (nSPS) is 35.3. The molecular weight excluding hydrogens is 206 g/mol. The third-order valence-electron chi connectivity index (χ3n) is 5.30. The highest BCUT2D eigenvalue weighted by molar-refractivity contribution is 4.79. The van der Waals surface area contributed by atoms with Crippen molar-refractivity contribution in [1.29, 1.82) is 0 Å². The van der Waals surface area contributed by atoms with Crippen molar-refractivity contribution < 1.29 is 0 Å². The number of nitrogens with one attached hydrogen (secondary N) is 1. The largest absolute Gasteiger partial charge is 0.314 e. The summed E-state index contributed by atoms with van der Waals surface area (Å²) in [7, 11) is 0. The van der Waals surface area contributed by atoms with Crippen molar-refractivity contribution in [3.05, 3.63) is 0 Å². The van der Waals surface area contributed by atoms with Crippen LogP contribution < -0.4 is 5.32 Å². The first-order chi connectivity index (χ1) is 8.25. The van der Waals surface area contributed by atoms with E-state index in [2.05, 4.69) is 19.2 Å². The van der Waals surface area contributed by atoms with Crippen LogP contribution >= 0.6 is 0 Å². The summed E-state index contributed by atoms with van der Waals surface area (Å²) in [5, 5.41) is 3.80. The van der Waals surface area contributed by atoms with Gasteiger partial charge in [0.2, 0.25) is 0 Å². The van der Waals surface area contributed by atoms with E-state index in [0.29, 0.717) is 0 Å². The first kappa shape index (κ1) is 13.4. The average molecular weight is 237 g/mol. The van der Waals surface area contributed by atoms with Crippen LogP contribution in [0.15, 0.2) is 0 Å². The van der Waals surface area contributed by atoms with Gasteiger partial charge in [-0.1, -0.05) is 39.5 Å². The molecule has 0 radical (unpaired) electrons. The van der Waals surface area contributed by atoms with Gasteiger partial charge in [-0.25, -0.2) is 0 Å². The van der Waals surface area contributed by atoms with E-state index in [1.807, 2.05) is 0 Å². The molecule has 0 aliphatic heterocycles. The predicted octanol–water partition coefficient (Wildman–Crippen LogP) is 4.37. The quantitative estimate of drug-likeness (QED) is 0.700. The van der Waals surface area contributed by atoms with Crippen LogP contribution in [0.1, 0.15) is 71.6 Å². The minimum absolute atomic E-state index is 0.824. The maximum Gasteiger partial charge on any atom is 0.00698 e. The molecule has 0 bridgehead atoms. The van der Waals surface area contributed by atoms with Gasteiger partial charge < -0.3 is 5.32 Å². The standard InChI is InChI=1S/C16H31N/c1-13-9-10-16(12-14(13)2)17-11-5-8-15-6-3-4-7-15/h13-17H,3-12H2,1-2H3. The van der Waals surface area contributed by atoms with E-state index in [1.54, 1.807) is 0 Å². The van der Waals surface area contributed by atoms with Gasteiger partial charge >= 0.3 is 0 Å². The summed E-state index contributed by atoms with van der Waals surface area (Å²) in [5.74, 6) is 2.95. The maximum atomic E-state index is 3.80. The molecule has 1 heteroatoms. The molecule has 0 aromatic heterocycles. The molecule has 0 aromatic carbocycles. The first-order valence-electron chi connectivity index (χ1n) is 7.99. The second kappa shape index (κ2) is 6.78. The lowest BCUT2D eigenvalue weighted by Gasteiger charge is -2.32. The van der Waals surface area contributed by atoms with Crippen LogP contribution in [-0.2, 0) is 0 Å². The molecule has 0 saturated heterocycles. The van der Waals surface area contributed by atoms with Gasteiger partial charge in [-0.2, -0.15) is 0 Å². The highest BCUT2D eigenvalue weighted by Crippen LogP contribution is 2.30. The molecule has 2 fully saturated rings. The van der Waals surface area contributed by atoms with Crippen LogP contribution in [0.2, 0.25) is 0 Å². The minimum atomic E-state index is 0.824. The van der Waals surface area contributed by atoms with E-state index in [0.717, 1.165) is 23.8 Å². The molecule has 3 unspecified atom stereocenters. The number of hydrogen-bond acceptors (Lipinski definition) is 1. The molecule has 2 aliphatic carbocycles. The van der Waals surface area contributed by atoms with Crippen molar-refractivity contribution in [3.63, 3.8) is 0 Å². The monoisotopic (exact) mass is 237 g/mol. The lowest BCUT2D eigenvalue weighted by atomic mass is 9.79. The highest BCUT2D eigenvalue weighted by Gasteiger charge is 2.23. The molecule has 17 heavy (non-hydrogen) atoms. The third-order valence-corrected chi connectivity index (χ3v) is 5.30. The van der Waals surface area contributed by atoms with Crippen molar-refractivity contribution in [2.75, 3.05) is 6.54 Å². The van der Waals surface area contributed by atoms with Crippen molar-refractivity contribution >= 4 is 0 Å². The molecule has 3 atom stereocenters. The Kier molecular flexibility index (Phi) is 5.34. The zero-order valence-corrected chi connectivity index (χ0v) is 11.9. The lowest BCUT2D eigenvalue weighted by Crippen LogP contribution is -2.36. The Morgan fingerprint density at radius 3 is 2.41 bits per heavy atom. The molecule has 2 saturated carbocycles. The Hall–Kier alpha value is -0.0400. The van der Waals surface area contributed by atoms with Crippen molar-refractivity contribution in [2.24, 2.45) is 17.8 Å². The Bertz CT molecular complexity index is 208. The number of hydrogen-bond donors (Lipinski definition) is 1. The van der Waals surface area contributed by atoms with Crippen LogP contribution in [0, 0.1) is 17.8 Å². The molecular formula is C16H31N. The molecule has 1 N–H and O–H groups in total. The van der Waals surface area contributed by atoms with Gasteiger partial charge in [0.15, 0.2) is 0 Å². The van der Waals surface area contributed by atoms with E-state index >= 15 is 0 Å². The average Bonchev–Trinajstić information content (AvgIpc) is 2.82. The Balaban J connectivity index is 1.53. The highest BCUT2D eigenvalue weighted by atomic mass is 14.9. The smallest absolute Gasteiger partial charge is 0.00698 e.